The Hall–Kier alpha value is -0.120. The highest BCUT2D eigenvalue weighted by molar-refractivity contribution is 4.90. The van der Waals surface area contributed by atoms with Gasteiger partial charge in [0.2, 0.25) is 0 Å². The van der Waals surface area contributed by atoms with Crippen molar-refractivity contribution in [3.63, 3.8) is 0 Å². The Morgan fingerprint density at radius 3 is 2.30 bits per heavy atom. The highest BCUT2D eigenvalue weighted by atomic mass is 16.3. The van der Waals surface area contributed by atoms with Gasteiger partial charge in [0.1, 0.15) is 0 Å². The van der Waals surface area contributed by atoms with Gasteiger partial charge in [-0.25, -0.2) is 0 Å². The molecule has 1 aliphatic carbocycles. The molecule has 1 heterocycles. The summed E-state index contributed by atoms with van der Waals surface area (Å²) < 4.78 is 0. The van der Waals surface area contributed by atoms with E-state index >= 15 is 0 Å². The summed E-state index contributed by atoms with van der Waals surface area (Å²) in [5, 5.41) is 13.2. The largest absolute Gasteiger partial charge is 0.393 e. The van der Waals surface area contributed by atoms with E-state index in [0.717, 1.165) is 12.5 Å². The summed E-state index contributed by atoms with van der Waals surface area (Å²) >= 11 is 0. The molecule has 118 valence electrons. The van der Waals surface area contributed by atoms with Gasteiger partial charge in [0.15, 0.2) is 0 Å². The predicted molar refractivity (Wildman–Crippen MR) is 84.8 cm³/mol. The molecule has 0 aromatic heterocycles. The Morgan fingerprint density at radius 1 is 1.20 bits per heavy atom. The summed E-state index contributed by atoms with van der Waals surface area (Å²) in [6.07, 6.45) is 7.76. The van der Waals surface area contributed by atoms with E-state index in [9.17, 15) is 5.11 Å². The van der Waals surface area contributed by atoms with Crippen LogP contribution < -0.4 is 5.32 Å². The molecule has 2 fully saturated rings. The lowest BCUT2D eigenvalue weighted by atomic mass is 9.70. The minimum Gasteiger partial charge on any atom is -0.393 e. The molecule has 0 spiro atoms. The van der Waals surface area contributed by atoms with E-state index in [1.807, 2.05) is 6.92 Å². The van der Waals surface area contributed by atoms with Gasteiger partial charge in [0.05, 0.1) is 6.10 Å². The van der Waals surface area contributed by atoms with Crippen LogP contribution >= 0.6 is 0 Å². The van der Waals surface area contributed by atoms with Gasteiger partial charge < -0.3 is 15.3 Å². The third-order valence-electron chi connectivity index (χ3n) is 5.76. The number of nitrogens with zero attached hydrogens (tertiary/aromatic N) is 1. The quantitative estimate of drug-likeness (QED) is 0.813. The Morgan fingerprint density at radius 2 is 1.80 bits per heavy atom. The Kier molecular flexibility index (Phi) is 5.88. The lowest BCUT2D eigenvalue weighted by Crippen LogP contribution is -2.48. The van der Waals surface area contributed by atoms with Crippen molar-refractivity contribution in [1.29, 1.82) is 0 Å². The van der Waals surface area contributed by atoms with Gasteiger partial charge >= 0.3 is 0 Å². The van der Waals surface area contributed by atoms with Crippen molar-refractivity contribution < 1.29 is 5.11 Å². The average molecular weight is 282 g/mol. The lowest BCUT2D eigenvalue weighted by Gasteiger charge is -2.44. The van der Waals surface area contributed by atoms with E-state index in [0.29, 0.717) is 11.3 Å². The van der Waals surface area contributed by atoms with Gasteiger partial charge in [-0.1, -0.05) is 19.8 Å². The monoisotopic (exact) mass is 282 g/mol. The lowest BCUT2D eigenvalue weighted by molar-refractivity contribution is 0.0371. The highest BCUT2D eigenvalue weighted by Gasteiger charge is 2.36. The summed E-state index contributed by atoms with van der Waals surface area (Å²) in [5.74, 6) is 1.44. The zero-order valence-electron chi connectivity index (χ0n) is 13.7. The fraction of sp³-hybridized carbons (Fsp3) is 1.00. The molecule has 0 aromatic rings. The first-order chi connectivity index (χ1) is 9.54. The number of hydrogen-bond acceptors (Lipinski definition) is 3. The predicted octanol–water partition coefficient (Wildman–Crippen LogP) is 2.50. The van der Waals surface area contributed by atoms with E-state index in [4.69, 9.17) is 0 Å². The molecule has 1 aliphatic heterocycles. The van der Waals surface area contributed by atoms with Crippen LogP contribution in [0.15, 0.2) is 0 Å². The number of likely N-dealkylation sites (tertiary alicyclic amines) is 1. The molecule has 0 amide bonds. The molecule has 0 aromatic carbocycles. The van der Waals surface area contributed by atoms with E-state index < -0.39 is 0 Å². The number of hydrogen-bond donors (Lipinski definition) is 2. The van der Waals surface area contributed by atoms with Crippen molar-refractivity contribution >= 4 is 0 Å². The molecular formula is C17H34N2O. The topological polar surface area (TPSA) is 35.5 Å². The Bertz CT molecular complexity index is 277. The second-order valence-electron chi connectivity index (χ2n) is 7.57. The van der Waals surface area contributed by atoms with Gasteiger partial charge in [0.25, 0.3) is 0 Å². The molecule has 3 heteroatoms. The summed E-state index contributed by atoms with van der Waals surface area (Å²) in [6, 6.07) is 0. The molecule has 1 saturated heterocycles. The van der Waals surface area contributed by atoms with E-state index in [1.54, 1.807) is 0 Å². The van der Waals surface area contributed by atoms with Crippen molar-refractivity contribution in [2.75, 3.05) is 33.2 Å². The van der Waals surface area contributed by atoms with Crippen molar-refractivity contribution in [2.45, 2.75) is 58.5 Å². The summed E-state index contributed by atoms with van der Waals surface area (Å²) in [7, 11) is 2.10. The third-order valence-corrected chi connectivity index (χ3v) is 5.76. The molecule has 2 aliphatic rings. The minimum absolute atomic E-state index is 0.126. The second-order valence-corrected chi connectivity index (χ2v) is 7.57. The van der Waals surface area contributed by atoms with Gasteiger partial charge in [-0.15, -0.1) is 0 Å². The van der Waals surface area contributed by atoms with E-state index in [1.165, 1.54) is 58.2 Å². The molecule has 1 atom stereocenters. The van der Waals surface area contributed by atoms with Crippen LogP contribution in [0, 0.1) is 17.3 Å². The van der Waals surface area contributed by atoms with Crippen LogP contribution in [0.3, 0.4) is 0 Å². The molecule has 1 unspecified atom stereocenters. The molecule has 2 rings (SSSR count). The first-order valence-electron chi connectivity index (χ1n) is 8.60. The smallest absolute Gasteiger partial charge is 0.0541 e. The zero-order valence-corrected chi connectivity index (χ0v) is 13.7. The maximum atomic E-state index is 9.72. The van der Waals surface area contributed by atoms with Crippen LogP contribution in [-0.2, 0) is 0 Å². The molecule has 20 heavy (non-hydrogen) atoms. The molecule has 2 N–H and O–H groups in total. The maximum Gasteiger partial charge on any atom is 0.0541 e. The van der Waals surface area contributed by atoms with Crippen molar-refractivity contribution in [1.82, 2.24) is 10.2 Å². The fourth-order valence-corrected chi connectivity index (χ4v) is 4.21. The highest BCUT2D eigenvalue weighted by Crippen LogP contribution is 2.39. The number of aliphatic hydroxyl groups is 1. The number of piperidine rings is 1. The van der Waals surface area contributed by atoms with Crippen LogP contribution in [0.1, 0.15) is 52.4 Å². The average Bonchev–Trinajstić information content (AvgIpc) is 2.43. The van der Waals surface area contributed by atoms with Crippen molar-refractivity contribution in [2.24, 2.45) is 17.3 Å². The Balaban J connectivity index is 1.86. The normalized spacial score (nSPS) is 35.1. The SMILES string of the molecule is CNCC1(CN2CCC(C(C)O)CC2)CCC(C)CC1. The molecule has 3 nitrogen and oxygen atoms in total. The van der Waals surface area contributed by atoms with Crippen molar-refractivity contribution in [3.05, 3.63) is 0 Å². The fourth-order valence-electron chi connectivity index (χ4n) is 4.21. The van der Waals surface area contributed by atoms with Gasteiger partial charge in [-0.2, -0.15) is 0 Å². The third kappa shape index (κ3) is 4.19. The molecular weight excluding hydrogens is 248 g/mol. The summed E-state index contributed by atoms with van der Waals surface area (Å²) in [5.41, 5.74) is 0.499. The number of nitrogens with one attached hydrogen (secondary N) is 1. The summed E-state index contributed by atoms with van der Waals surface area (Å²) in [6.45, 7) is 9.12. The standard InChI is InChI=1S/C17H34N2O/c1-14-4-8-17(9-5-14,12-18-3)13-19-10-6-16(7-11-19)15(2)20/h14-16,18,20H,4-13H2,1-3H3. The van der Waals surface area contributed by atoms with Crippen LogP contribution in [0.2, 0.25) is 0 Å². The maximum absolute atomic E-state index is 9.72. The zero-order chi connectivity index (χ0) is 14.6. The molecule has 0 radical (unpaired) electrons. The molecule has 0 bridgehead atoms. The first-order valence-corrected chi connectivity index (χ1v) is 8.60. The van der Waals surface area contributed by atoms with Crippen molar-refractivity contribution in [3.8, 4) is 0 Å². The van der Waals surface area contributed by atoms with Crippen LogP contribution in [0.5, 0.6) is 0 Å². The van der Waals surface area contributed by atoms with Crippen LogP contribution in [-0.4, -0.2) is 49.3 Å². The number of rotatable bonds is 5. The van der Waals surface area contributed by atoms with Crippen LogP contribution in [0.25, 0.3) is 0 Å². The van der Waals surface area contributed by atoms with Gasteiger partial charge in [-0.05, 0) is 70.0 Å². The van der Waals surface area contributed by atoms with E-state index in [-0.39, 0.29) is 6.10 Å². The number of aliphatic hydroxyl groups excluding tert-OH is 1. The second kappa shape index (κ2) is 7.24. The van der Waals surface area contributed by atoms with Gasteiger partial charge in [0, 0.05) is 13.1 Å². The Labute approximate surface area is 125 Å². The van der Waals surface area contributed by atoms with Crippen LogP contribution in [0.4, 0.5) is 0 Å². The molecule has 1 saturated carbocycles. The van der Waals surface area contributed by atoms with E-state index in [2.05, 4.69) is 24.2 Å². The summed E-state index contributed by atoms with van der Waals surface area (Å²) in [4.78, 5) is 2.66. The minimum atomic E-state index is -0.126. The first kappa shape index (κ1) is 16.3. The van der Waals surface area contributed by atoms with Gasteiger partial charge in [-0.3, -0.25) is 0 Å².